The van der Waals surface area contributed by atoms with Gasteiger partial charge in [-0.1, -0.05) is 19.3 Å². The SMILES string of the molecule is C/C(N)=C/C=C\N.CC(C)=O.CC(C)=O.Cc1ccc(C2CCCCC2)nn1. The van der Waals surface area contributed by atoms with Crippen LogP contribution in [-0.4, -0.2) is 21.8 Å². The summed E-state index contributed by atoms with van der Waals surface area (Å²) in [4.78, 5) is 18.9. The maximum Gasteiger partial charge on any atom is 0.126 e. The van der Waals surface area contributed by atoms with E-state index in [-0.39, 0.29) is 11.6 Å². The van der Waals surface area contributed by atoms with E-state index in [1.54, 1.807) is 19.1 Å². The van der Waals surface area contributed by atoms with Crippen molar-refractivity contribution in [2.75, 3.05) is 0 Å². The van der Waals surface area contributed by atoms with E-state index in [9.17, 15) is 9.59 Å². The third-order valence-electron chi connectivity index (χ3n) is 3.31. The van der Waals surface area contributed by atoms with Gasteiger partial charge < -0.3 is 21.1 Å². The summed E-state index contributed by atoms with van der Waals surface area (Å²) < 4.78 is 0. The number of ketones is 2. The van der Waals surface area contributed by atoms with Crippen LogP contribution in [0.15, 0.2) is 36.2 Å². The predicted molar refractivity (Wildman–Crippen MR) is 117 cm³/mol. The van der Waals surface area contributed by atoms with Gasteiger partial charge in [0.15, 0.2) is 0 Å². The molecular weight excluding hydrogens is 352 g/mol. The van der Waals surface area contributed by atoms with E-state index in [2.05, 4.69) is 22.3 Å². The average Bonchev–Trinajstić information content (AvgIpc) is 2.61. The number of carbonyl (C=O) groups is 2. The fourth-order valence-corrected chi connectivity index (χ4v) is 2.23. The normalized spacial score (nSPS) is 13.9. The van der Waals surface area contributed by atoms with Crippen molar-refractivity contribution in [3.8, 4) is 0 Å². The van der Waals surface area contributed by atoms with E-state index in [1.807, 2.05) is 6.92 Å². The van der Waals surface area contributed by atoms with E-state index >= 15 is 0 Å². The molecule has 0 saturated heterocycles. The molecule has 0 aliphatic heterocycles. The van der Waals surface area contributed by atoms with Crippen LogP contribution in [0.3, 0.4) is 0 Å². The quantitative estimate of drug-likeness (QED) is 0.726. The maximum absolute atomic E-state index is 9.44. The van der Waals surface area contributed by atoms with Gasteiger partial charge in [-0.15, -0.1) is 0 Å². The summed E-state index contributed by atoms with van der Waals surface area (Å²) in [7, 11) is 0. The average molecular weight is 391 g/mol. The van der Waals surface area contributed by atoms with Gasteiger partial charge in [0, 0.05) is 11.6 Å². The second-order valence-corrected chi connectivity index (χ2v) is 7.05. The van der Waals surface area contributed by atoms with Gasteiger partial charge in [-0.3, -0.25) is 0 Å². The number of carbonyl (C=O) groups excluding carboxylic acids is 2. The number of allylic oxidation sites excluding steroid dienone is 3. The largest absolute Gasteiger partial charge is 0.405 e. The highest BCUT2D eigenvalue weighted by Crippen LogP contribution is 2.30. The lowest BCUT2D eigenvalue weighted by Crippen LogP contribution is -2.07. The molecule has 1 heterocycles. The number of hydrogen-bond donors (Lipinski definition) is 2. The highest BCUT2D eigenvalue weighted by molar-refractivity contribution is 5.72. The van der Waals surface area contributed by atoms with Gasteiger partial charge in [0.2, 0.25) is 0 Å². The van der Waals surface area contributed by atoms with Crippen molar-refractivity contribution < 1.29 is 9.59 Å². The molecule has 0 aromatic carbocycles. The molecule has 0 unspecified atom stereocenters. The number of aromatic nitrogens is 2. The van der Waals surface area contributed by atoms with Crippen molar-refractivity contribution in [1.29, 1.82) is 0 Å². The highest BCUT2D eigenvalue weighted by Gasteiger charge is 2.16. The Balaban J connectivity index is 0. The maximum atomic E-state index is 9.44. The van der Waals surface area contributed by atoms with E-state index in [1.165, 1.54) is 71.7 Å². The summed E-state index contributed by atoms with van der Waals surface area (Å²) in [5.74, 6) is 1.02. The van der Waals surface area contributed by atoms with Crippen LogP contribution in [0.25, 0.3) is 0 Å². The number of nitrogens with zero attached hydrogens (tertiary/aromatic N) is 2. The van der Waals surface area contributed by atoms with Gasteiger partial charge in [0.05, 0.1) is 11.4 Å². The topological polar surface area (TPSA) is 112 Å². The third-order valence-corrected chi connectivity index (χ3v) is 3.31. The summed E-state index contributed by atoms with van der Waals surface area (Å²) >= 11 is 0. The first-order valence-electron chi connectivity index (χ1n) is 9.65. The second-order valence-electron chi connectivity index (χ2n) is 7.05. The molecule has 0 bridgehead atoms. The lowest BCUT2D eigenvalue weighted by atomic mass is 9.87. The van der Waals surface area contributed by atoms with Gasteiger partial charge in [0.25, 0.3) is 0 Å². The first-order chi connectivity index (χ1) is 13.1. The fourth-order valence-electron chi connectivity index (χ4n) is 2.23. The van der Waals surface area contributed by atoms with Crippen LogP contribution < -0.4 is 11.5 Å². The molecule has 4 N–H and O–H groups in total. The summed E-state index contributed by atoms with van der Waals surface area (Å²) in [5, 5.41) is 8.36. The van der Waals surface area contributed by atoms with Crippen molar-refractivity contribution in [2.24, 2.45) is 11.5 Å². The number of nitrogens with two attached hydrogens (primary N) is 2. The zero-order valence-corrected chi connectivity index (χ0v) is 18.4. The molecule has 1 aromatic heterocycles. The summed E-state index contributed by atoms with van der Waals surface area (Å²) in [6.45, 7) is 9.90. The van der Waals surface area contributed by atoms with Crippen molar-refractivity contribution in [3.05, 3.63) is 47.6 Å². The lowest BCUT2D eigenvalue weighted by Gasteiger charge is -2.20. The minimum atomic E-state index is 0.167. The van der Waals surface area contributed by atoms with Crippen LogP contribution in [0.4, 0.5) is 0 Å². The molecule has 1 aromatic rings. The first kappa shape index (κ1) is 27.7. The second kappa shape index (κ2) is 17.9. The van der Waals surface area contributed by atoms with Gasteiger partial charge in [-0.25, -0.2) is 0 Å². The summed E-state index contributed by atoms with van der Waals surface area (Å²) in [5.41, 5.74) is 13.2. The van der Waals surface area contributed by atoms with Crippen molar-refractivity contribution in [3.63, 3.8) is 0 Å². The Labute approximate surface area is 170 Å². The van der Waals surface area contributed by atoms with Crippen LogP contribution in [0, 0.1) is 6.92 Å². The molecule has 6 nitrogen and oxygen atoms in total. The molecule has 2 rings (SSSR count). The molecular formula is C22H38N4O2. The third kappa shape index (κ3) is 21.5. The Morgan fingerprint density at radius 3 is 1.79 bits per heavy atom. The molecule has 6 heteroatoms. The number of Topliss-reactive ketones (excluding diaryl/α,β-unsaturated/α-hetero) is 2. The van der Waals surface area contributed by atoms with E-state index in [0.29, 0.717) is 5.92 Å². The molecule has 1 aliphatic rings. The number of aryl methyl sites for hydroxylation is 1. The molecule has 0 amide bonds. The standard InChI is InChI=1S/C11H16N2.C5H10N2.2C3H6O/c1-9-7-8-11(13-12-9)10-5-3-2-4-6-10;1-5(7)3-2-4-6;2*1-3(2)4/h7-8,10H,2-6H2,1H3;2-4H,6-7H2,1H3;2*1-2H3/b;4-2-,5-3-;;. The molecule has 1 aliphatic carbocycles. The molecule has 0 spiro atoms. The molecule has 28 heavy (non-hydrogen) atoms. The Bertz CT molecular complexity index is 577. The molecule has 1 saturated carbocycles. The smallest absolute Gasteiger partial charge is 0.126 e. The number of rotatable bonds is 2. The lowest BCUT2D eigenvalue weighted by molar-refractivity contribution is -0.115. The highest BCUT2D eigenvalue weighted by atomic mass is 16.1. The van der Waals surface area contributed by atoms with Gasteiger partial charge in [-0.2, -0.15) is 10.2 Å². The van der Waals surface area contributed by atoms with Crippen LogP contribution >= 0.6 is 0 Å². The van der Waals surface area contributed by atoms with Crippen LogP contribution in [0.1, 0.15) is 84.0 Å². The van der Waals surface area contributed by atoms with E-state index in [4.69, 9.17) is 11.5 Å². The zero-order chi connectivity index (χ0) is 21.9. The van der Waals surface area contributed by atoms with E-state index in [0.717, 1.165) is 11.4 Å². The summed E-state index contributed by atoms with van der Waals surface area (Å²) in [6.07, 6.45) is 11.6. The van der Waals surface area contributed by atoms with Gasteiger partial charge in [-0.05, 0) is 84.9 Å². The minimum absolute atomic E-state index is 0.167. The van der Waals surface area contributed by atoms with Gasteiger partial charge in [0.1, 0.15) is 11.6 Å². The Hall–Kier alpha value is -2.50. The minimum Gasteiger partial charge on any atom is -0.405 e. The predicted octanol–water partition coefficient (Wildman–Crippen LogP) is 4.34. The van der Waals surface area contributed by atoms with Crippen molar-refractivity contribution in [2.45, 2.75) is 79.6 Å². The van der Waals surface area contributed by atoms with Gasteiger partial charge >= 0.3 is 0 Å². The monoisotopic (exact) mass is 390 g/mol. The van der Waals surface area contributed by atoms with E-state index < -0.39 is 0 Å². The van der Waals surface area contributed by atoms with Crippen molar-refractivity contribution >= 4 is 11.6 Å². The Morgan fingerprint density at radius 2 is 1.46 bits per heavy atom. The molecule has 1 fully saturated rings. The first-order valence-corrected chi connectivity index (χ1v) is 9.65. The Morgan fingerprint density at radius 1 is 0.964 bits per heavy atom. The fraction of sp³-hybridized carbons (Fsp3) is 0.545. The molecule has 158 valence electrons. The number of hydrogen-bond acceptors (Lipinski definition) is 6. The van der Waals surface area contributed by atoms with Crippen LogP contribution in [0.5, 0.6) is 0 Å². The van der Waals surface area contributed by atoms with Crippen LogP contribution in [0.2, 0.25) is 0 Å². The van der Waals surface area contributed by atoms with Crippen molar-refractivity contribution in [1.82, 2.24) is 10.2 Å². The Kier molecular flexibility index (Phi) is 17.7. The molecule has 0 atom stereocenters. The zero-order valence-electron chi connectivity index (χ0n) is 18.4. The molecule has 0 radical (unpaired) electrons. The van der Waals surface area contributed by atoms with Crippen LogP contribution in [-0.2, 0) is 9.59 Å². The summed E-state index contributed by atoms with van der Waals surface area (Å²) in [6, 6.07) is 4.20.